The van der Waals surface area contributed by atoms with E-state index in [4.69, 9.17) is 9.47 Å². The number of H-pyrrole nitrogens is 1. The number of nitrogens with zero attached hydrogens (tertiary/aromatic N) is 1. The fraction of sp³-hybridized carbons (Fsp3) is 0.250. The molecule has 1 fully saturated rings. The monoisotopic (exact) mass is 504 g/mol. The maximum atomic E-state index is 13.4. The molecule has 2 atom stereocenters. The second-order valence-corrected chi connectivity index (χ2v) is 8.32. The highest BCUT2D eigenvalue weighted by molar-refractivity contribution is 5.95. The van der Waals surface area contributed by atoms with Gasteiger partial charge in [-0.05, 0) is 36.6 Å². The van der Waals surface area contributed by atoms with Crippen LogP contribution in [0.4, 0.5) is 23.7 Å². The highest BCUT2D eigenvalue weighted by atomic mass is 19.4. The Labute approximate surface area is 201 Å². The molecule has 0 bridgehead atoms. The van der Waals surface area contributed by atoms with Crippen LogP contribution in [0.1, 0.15) is 19.4 Å². The first kappa shape index (κ1) is 24.8. The summed E-state index contributed by atoms with van der Waals surface area (Å²) in [6, 6.07) is 10.4. The summed E-state index contributed by atoms with van der Waals surface area (Å²) >= 11 is 0. The minimum Gasteiger partial charge on any atom is -0.478 e. The van der Waals surface area contributed by atoms with Gasteiger partial charge in [0.2, 0.25) is 5.60 Å². The molecule has 0 spiro atoms. The number of esters is 1. The van der Waals surface area contributed by atoms with Gasteiger partial charge in [-0.15, -0.1) is 0 Å². The number of carboxylic acid groups (broad SMARTS) is 1. The predicted molar refractivity (Wildman–Crippen MR) is 120 cm³/mol. The summed E-state index contributed by atoms with van der Waals surface area (Å²) in [5, 5.41) is 9.94. The number of hydrogen-bond acceptors (Lipinski definition) is 6. The maximum Gasteiger partial charge on any atom is 0.417 e. The van der Waals surface area contributed by atoms with E-state index in [2.05, 4.69) is 4.98 Å². The van der Waals surface area contributed by atoms with Crippen molar-refractivity contribution in [2.45, 2.75) is 31.7 Å². The van der Waals surface area contributed by atoms with Crippen LogP contribution in [0.2, 0.25) is 0 Å². The number of fused-ring (bicyclic) bond motifs is 1. The number of amides is 1. The molecule has 188 valence electrons. The van der Waals surface area contributed by atoms with E-state index in [0.717, 1.165) is 24.8 Å². The first-order chi connectivity index (χ1) is 16.8. The highest BCUT2D eigenvalue weighted by Crippen LogP contribution is 2.37. The van der Waals surface area contributed by atoms with Crippen LogP contribution in [0, 0.1) is 0 Å². The third-order valence-corrected chi connectivity index (χ3v) is 5.87. The van der Waals surface area contributed by atoms with Crippen molar-refractivity contribution in [2.24, 2.45) is 0 Å². The molecule has 1 unspecified atom stereocenters. The number of pyridine rings is 1. The number of hydrogen-bond donors (Lipinski definition) is 2. The molecular formula is C24H19F3N2O7. The zero-order chi connectivity index (χ0) is 26.4. The molecule has 9 nitrogen and oxygen atoms in total. The molecule has 3 aromatic rings. The van der Waals surface area contributed by atoms with Crippen LogP contribution < -0.4 is 10.5 Å². The Morgan fingerprint density at radius 2 is 1.83 bits per heavy atom. The number of aromatic nitrogens is 1. The number of carboxylic acids is 1. The van der Waals surface area contributed by atoms with Gasteiger partial charge in [-0.2, -0.15) is 13.2 Å². The van der Waals surface area contributed by atoms with Gasteiger partial charge >= 0.3 is 24.2 Å². The van der Waals surface area contributed by atoms with Gasteiger partial charge in [0.25, 0.3) is 5.56 Å². The van der Waals surface area contributed by atoms with Gasteiger partial charge in [0, 0.05) is 29.3 Å². The van der Waals surface area contributed by atoms with E-state index in [9.17, 15) is 37.5 Å². The second kappa shape index (κ2) is 8.70. The fourth-order valence-corrected chi connectivity index (χ4v) is 4.03. The summed E-state index contributed by atoms with van der Waals surface area (Å²) in [7, 11) is 0. The Balaban J connectivity index is 1.71. The molecule has 2 N–H and O–H groups in total. The number of ether oxygens (including phenoxy) is 2. The number of anilines is 1. The normalized spacial score (nSPS) is 17.5. The number of cyclic esters (lactones) is 1. The van der Waals surface area contributed by atoms with Crippen molar-refractivity contribution in [3.05, 3.63) is 64.4 Å². The Bertz CT molecular complexity index is 1450. The number of aromatic amines is 1. The molecule has 1 amide bonds. The average molecular weight is 504 g/mol. The van der Waals surface area contributed by atoms with Crippen molar-refractivity contribution < 1.29 is 42.1 Å². The predicted octanol–water partition coefficient (Wildman–Crippen LogP) is 3.95. The van der Waals surface area contributed by atoms with Crippen LogP contribution >= 0.6 is 0 Å². The van der Waals surface area contributed by atoms with Crippen LogP contribution in [0.25, 0.3) is 22.0 Å². The van der Waals surface area contributed by atoms with Crippen LogP contribution in [0.3, 0.4) is 0 Å². The van der Waals surface area contributed by atoms with E-state index >= 15 is 0 Å². The lowest BCUT2D eigenvalue weighted by Crippen LogP contribution is -2.52. The Morgan fingerprint density at radius 1 is 1.14 bits per heavy atom. The number of nitrogens with one attached hydrogen (secondary N) is 1. The van der Waals surface area contributed by atoms with Gasteiger partial charge in [-0.3, -0.25) is 14.5 Å². The van der Waals surface area contributed by atoms with Gasteiger partial charge in [0.1, 0.15) is 0 Å². The van der Waals surface area contributed by atoms with E-state index in [0.29, 0.717) is 5.39 Å². The molecule has 0 saturated carbocycles. The summed E-state index contributed by atoms with van der Waals surface area (Å²) in [5.74, 6) is -2.39. The molecule has 12 heteroatoms. The molecule has 36 heavy (non-hydrogen) atoms. The quantitative estimate of drug-likeness (QED) is 0.504. The van der Waals surface area contributed by atoms with Crippen molar-refractivity contribution >= 4 is 34.5 Å². The van der Waals surface area contributed by atoms with Crippen molar-refractivity contribution in [3.63, 3.8) is 0 Å². The fourth-order valence-electron chi connectivity index (χ4n) is 4.03. The van der Waals surface area contributed by atoms with Crippen LogP contribution in [-0.4, -0.2) is 46.4 Å². The zero-order valence-corrected chi connectivity index (χ0v) is 18.9. The topological polar surface area (TPSA) is 126 Å². The van der Waals surface area contributed by atoms with E-state index in [1.165, 1.54) is 42.5 Å². The molecule has 2 aromatic carbocycles. The standard InChI is InChI=1S/C24H19F3N2O7/c1-12(30)36-23(2,21(32)33)19-11-29(22(34)35-19)14-8-7-13-9-18(28-20(31)16(13)10-14)15-5-3-4-6-17(15)24(25,26)27/h3-10,19H,11H2,1-2H3,(H,28,31)(H,32,33)/t19?,23-/m0/s1. The number of rotatable bonds is 5. The number of benzene rings is 2. The molecular weight excluding hydrogens is 485 g/mol. The smallest absolute Gasteiger partial charge is 0.417 e. The lowest BCUT2D eigenvalue weighted by atomic mass is 9.98. The van der Waals surface area contributed by atoms with E-state index in [1.807, 2.05) is 0 Å². The van der Waals surface area contributed by atoms with Gasteiger partial charge in [0.05, 0.1) is 12.1 Å². The summed E-state index contributed by atoms with van der Waals surface area (Å²) in [6.07, 6.45) is -6.90. The van der Waals surface area contributed by atoms with Gasteiger partial charge in [-0.25, -0.2) is 9.59 Å². The number of aliphatic carboxylic acids is 1. The number of carbonyl (C=O) groups excluding carboxylic acids is 2. The molecule has 0 aliphatic carbocycles. The number of alkyl halides is 3. The lowest BCUT2D eigenvalue weighted by molar-refractivity contribution is -0.185. The lowest BCUT2D eigenvalue weighted by Gasteiger charge is -2.28. The first-order valence-electron chi connectivity index (χ1n) is 10.6. The maximum absolute atomic E-state index is 13.4. The Hall–Kier alpha value is -4.35. The van der Waals surface area contributed by atoms with Crippen molar-refractivity contribution in [2.75, 3.05) is 11.4 Å². The minimum atomic E-state index is -4.63. The summed E-state index contributed by atoms with van der Waals surface area (Å²) in [5.41, 5.74) is -3.80. The third-order valence-electron chi connectivity index (χ3n) is 5.87. The Morgan fingerprint density at radius 3 is 2.47 bits per heavy atom. The molecule has 0 radical (unpaired) electrons. The molecule has 1 saturated heterocycles. The summed E-state index contributed by atoms with van der Waals surface area (Å²) in [6.45, 7) is 1.83. The zero-order valence-electron chi connectivity index (χ0n) is 18.9. The second-order valence-electron chi connectivity index (χ2n) is 8.32. The van der Waals surface area contributed by atoms with Crippen LogP contribution in [-0.2, 0) is 25.2 Å². The van der Waals surface area contributed by atoms with E-state index in [-0.39, 0.29) is 28.9 Å². The average Bonchev–Trinajstić information content (AvgIpc) is 3.20. The van der Waals surface area contributed by atoms with Gasteiger partial charge in [-0.1, -0.05) is 24.3 Å². The Kier molecular flexibility index (Phi) is 5.99. The largest absolute Gasteiger partial charge is 0.478 e. The van der Waals surface area contributed by atoms with Gasteiger partial charge < -0.3 is 19.6 Å². The van der Waals surface area contributed by atoms with E-state index < -0.39 is 47.0 Å². The number of carbonyl (C=O) groups is 3. The first-order valence-corrected chi connectivity index (χ1v) is 10.6. The van der Waals surface area contributed by atoms with Crippen LogP contribution in [0.5, 0.6) is 0 Å². The highest BCUT2D eigenvalue weighted by Gasteiger charge is 2.52. The molecule has 1 aliphatic rings. The molecule has 1 aromatic heterocycles. The van der Waals surface area contributed by atoms with E-state index in [1.54, 1.807) is 0 Å². The summed E-state index contributed by atoms with van der Waals surface area (Å²) < 4.78 is 50.4. The van der Waals surface area contributed by atoms with Gasteiger partial charge in [0.15, 0.2) is 6.10 Å². The van der Waals surface area contributed by atoms with Crippen molar-refractivity contribution in [1.29, 1.82) is 0 Å². The number of halogens is 3. The molecule has 4 rings (SSSR count). The SMILES string of the molecule is CC(=O)O[C@](C)(C(=O)O)C1CN(c2ccc3cc(-c4ccccc4C(F)(F)F)[nH]c(=O)c3c2)C(=O)O1. The molecule has 2 heterocycles. The van der Waals surface area contributed by atoms with Crippen LogP contribution in [0.15, 0.2) is 53.3 Å². The van der Waals surface area contributed by atoms with Crippen molar-refractivity contribution in [1.82, 2.24) is 4.98 Å². The minimum absolute atomic E-state index is 0.0348. The summed E-state index contributed by atoms with van der Waals surface area (Å²) in [4.78, 5) is 52.0. The van der Waals surface area contributed by atoms with Crippen molar-refractivity contribution in [3.8, 4) is 11.3 Å². The molecule has 1 aliphatic heterocycles. The third kappa shape index (κ3) is 4.37.